The van der Waals surface area contributed by atoms with Gasteiger partial charge in [0, 0.05) is 36.7 Å². The Hall–Kier alpha value is -1.54. The van der Waals surface area contributed by atoms with Gasteiger partial charge in [0.1, 0.15) is 5.70 Å². The molecule has 2 fully saturated rings. The molecule has 2 saturated heterocycles. The van der Waals surface area contributed by atoms with Crippen molar-refractivity contribution in [3.8, 4) is 0 Å². The van der Waals surface area contributed by atoms with E-state index in [-0.39, 0.29) is 17.6 Å². The molecule has 0 radical (unpaired) electrons. The zero-order chi connectivity index (χ0) is 17.6. The molecule has 7 nitrogen and oxygen atoms in total. The summed E-state index contributed by atoms with van der Waals surface area (Å²) in [7, 11) is 1.77. The maximum Gasteiger partial charge on any atom is 0.353 e. The van der Waals surface area contributed by atoms with Crippen molar-refractivity contribution in [3.05, 3.63) is 10.6 Å². The molecular formula is C16H23N3O4S. The highest BCUT2D eigenvalue weighted by Crippen LogP contribution is 2.48. The van der Waals surface area contributed by atoms with E-state index in [0.717, 1.165) is 30.3 Å². The molecule has 1 amide bonds. The fourth-order valence-corrected chi connectivity index (χ4v) is 5.24. The first-order valence-corrected chi connectivity index (χ1v) is 9.05. The molecule has 0 aromatic rings. The number of nitrogens with zero attached hydrogens (tertiary/aromatic N) is 3. The second-order valence-corrected chi connectivity index (χ2v) is 7.96. The average Bonchev–Trinajstić information content (AvgIpc) is 3.09. The lowest BCUT2D eigenvalue weighted by Crippen LogP contribution is -2.61. The number of hydrogen-bond acceptors (Lipinski definition) is 5. The van der Waals surface area contributed by atoms with E-state index < -0.39 is 18.0 Å². The van der Waals surface area contributed by atoms with Crippen molar-refractivity contribution in [3.63, 3.8) is 0 Å². The van der Waals surface area contributed by atoms with Crippen LogP contribution < -0.4 is 0 Å². The quantitative estimate of drug-likeness (QED) is 0.440. The second-order valence-electron chi connectivity index (χ2n) is 6.57. The number of rotatable bonds is 4. The Bertz CT molecular complexity index is 631. The van der Waals surface area contributed by atoms with E-state index >= 15 is 0 Å². The number of carboxylic acid groups (broad SMARTS) is 1. The van der Waals surface area contributed by atoms with Crippen LogP contribution >= 0.6 is 11.8 Å². The monoisotopic (exact) mass is 353 g/mol. The summed E-state index contributed by atoms with van der Waals surface area (Å²) < 4.78 is 0. The number of aliphatic carboxylic acids is 1. The van der Waals surface area contributed by atoms with E-state index in [1.807, 2.05) is 6.92 Å². The van der Waals surface area contributed by atoms with Gasteiger partial charge in [-0.25, -0.2) is 4.79 Å². The number of carbonyl (C=O) groups is 2. The summed E-state index contributed by atoms with van der Waals surface area (Å²) in [5.74, 6) is -0.819. The van der Waals surface area contributed by atoms with Crippen molar-refractivity contribution in [2.75, 3.05) is 20.1 Å². The lowest BCUT2D eigenvalue weighted by molar-refractivity contribution is -0.161. The Balaban J connectivity index is 1.74. The van der Waals surface area contributed by atoms with Gasteiger partial charge >= 0.3 is 5.97 Å². The Labute approximate surface area is 145 Å². The van der Waals surface area contributed by atoms with Crippen LogP contribution in [0.1, 0.15) is 26.7 Å². The third kappa shape index (κ3) is 2.71. The zero-order valence-corrected chi connectivity index (χ0v) is 14.9. The molecule has 3 aliphatic rings. The molecule has 0 aromatic carbocycles. The summed E-state index contributed by atoms with van der Waals surface area (Å²) in [6.07, 6.45) is 0.751. The van der Waals surface area contributed by atoms with E-state index in [0.29, 0.717) is 11.7 Å². The van der Waals surface area contributed by atoms with Gasteiger partial charge in [-0.2, -0.15) is 0 Å². The summed E-state index contributed by atoms with van der Waals surface area (Å²) in [5.41, 5.74) is 0.117. The highest BCUT2D eigenvalue weighted by Gasteiger charge is 2.57. The molecule has 132 valence electrons. The minimum absolute atomic E-state index is 0.117. The number of likely N-dealkylation sites (tertiary alicyclic amines) is 1. The van der Waals surface area contributed by atoms with E-state index in [9.17, 15) is 19.8 Å². The molecule has 0 bridgehead atoms. The predicted molar refractivity (Wildman–Crippen MR) is 91.7 cm³/mol. The van der Waals surface area contributed by atoms with Crippen molar-refractivity contribution in [2.45, 2.75) is 44.1 Å². The topological polar surface area (TPSA) is 93.4 Å². The molecule has 24 heavy (non-hydrogen) atoms. The van der Waals surface area contributed by atoms with Crippen molar-refractivity contribution in [1.29, 1.82) is 0 Å². The van der Waals surface area contributed by atoms with Crippen molar-refractivity contribution in [1.82, 2.24) is 9.80 Å². The normalized spacial score (nSPS) is 31.4. The first kappa shape index (κ1) is 17.3. The van der Waals surface area contributed by atoms with Gasteiger partial charge in [0.15, 0.2) is 0 Å². The van der Waals surface area contributed by atoms with Crippen LogP contribution in [0.5, 0.6) is 0 Å². The molecule has 4 atom stereocenters. The first-order valence-electron chi connectivity index (χ1n) is 8.17. The molecular weight excluding hydrogens is 330 g/mol. The number of thioether (sulfide) groups is 1. The van der Waals surface area contributed by atoms with Crippen LogP contribution in [0.15, 0.2) is 15.6 Å². The van der Waals surface area contributed by atoms with Gasteiger partial charge in [-0.3, -0.25) is 9.79 Å². The molecule has 3 aliphatic heterocycles. The number of amidine groups is 1. The summed E-state index contributed by atoms with van der Waals surface area (Å²) in [5, 5.41) is 19.6. The standard InChI is InChI=1S/C16H23N3O4S/c1-8(20)13-11-6-12(14(16(22)23)19(11)15(13)21)24-10-4-5-18(7-10)9(2)17-3/h8,10-11,13,20H,4-7H2,1-3H3,(H,22,23)/t8-,10+,11-,13-/m1/s1. The number of amides is 1. The van der Waals surface area contributed by atoms with Crippen LogP contribution in [-0.4, -0.2) is 75.3 Å². The number of aliphatic hydroxyl groups is 1. The van der Waals surface area contributed by atoms with E-state index in [2.05, 4.69) is 9.89 Å². The third-order valence-corrected chi connectivity index (χ3v) is 6.49. The SMILES string of the molecule is CN=C(C)N1CC[C@H](SC2=C(C(=O)O)N3C(=O)[C@H]([C@@H](C)O)[C@H]3C2)C1. The molecule has 3 rings (SSSR count). The van der Waals surface area contributed by atoms with Gasteiger partial charge in [0.05, 0.1) is 23.9 Å². The summed E-state index contributed by atoms with van der Waals surface area (Å²) >= 11 is 1.57. The van der Waals surface area contributed by atoms with Crippen LogP contribution in [0.3, 0.4) is 0 Å². The number of aliphatic imine (C=N–C) groups is 1. The Morgan fingerprint density at radius 3 is 2.75 bits per heavy atom. The lowest BCUT2D eigenvalue weighted by atomic mass is 9.83. The lowest BCUT2D eigenvalue weighted by Gasteiger charge is -2.44. The van der Waals surface area contributed by atoms with Crippen LogP contribution in [-0.2, 0) is 9.59 Å². The predicted octanol–water partition coefficient (Wildman–Crippen LogP) is 0.750. The van der Waals surface area contributed by atoms with Gasteiger partial charge in [0.25, 0.3) is 0 Å². The summed E-state index contributed by atoms with van der Waals surface area (Å²) in [6, 6.07) is -0.206. The van der Waals surface area contributed by atoms with Crippen molar-refractivity contribution in [2.24, 2.45) is 10.9 Å². The van der Waals surface area contributed by atoms with Crippen molar-refractivity contribution >= 4 is 29.5 Å². The molecule has 2 N–H and O–H groups in total. The van der Waals surface area contributed by atoms with Gasteiger partial charge < -0.3 is 20.0 Å². The number of carbonyl (C=O) groups excluding carboxylic acids is 1. The van der Waals surface area contributed by atoms with Gasteiger partial charge in [-0.15, -0.1) is 11.8 Å². The van der Waals surface area contributed by atoms with Crippen LogP contribution in [0, 0.1) is 5.92 Å². The van der Waals surface area contributed by atoms with Gasteiger partial charge in [-0.1, -0.05) is 0 Å². The number of β-lactam (4-membered cyclic amide) rings is 1. The van der Waals surface area contributed by atoms with Crippen LogP contribution in [0.25, 0.3) is 0 Å². The second kappa shape index (κ2) is 6.40. The smallest absolute Gasteiger partial charge is 0.353 e. The minimum Gasteiger partial charge on any atom is -0.477 e. The minimum atomic E-state index is -1.06. The maximum absolute atomic E-state index is 12.2. The zero-order valence-electron chi connectivity index (χ0n) is 14.1. The largest absolute Gasteiger partial charge is 0.477 e. The fraction of sp³-hybridized carbons (Fsp3) is 0.688. The average molecular weight is 353 g/mol. The molecule has 8 heteroatoms. The van der Waals surface area contributed by atoms with Gasteiger partial charge in [0.2, 0.25) is 5.91 Å². The maximum atomic E-state index is 12.2. The molecule has 0 spiro atoms. The van der Waals surface area contributed by atoms with Crippen LogP contribution in [0.2, 0.25) is 0 Å². The molecule has 3 heterocycles. The number of aliphatic hydroxyl groups excluding tert-OH is 1. The van der Waals surface area contributed by atoms with Crippen molar-refractivity contribution < 1.29 is 19.8 Å². The highest BCUT2D eigenvalue weighted by molar-refractivity contribution is 8.03. The Morgan fingerprint density at radius 1 is 1.46 bits per heavy atom. The third-order valence-electron chi connectivity index (χ3n) is 5.13. The van der Waals surface area contributed by atoms with Gasteiger partial charge in [-0.05, 0) is 20.3 Å². The first-order chi connectivity index (χ1) is 11.3. The number of fused-ring (bicyclic) bond motifs is 1. The van der Waals surface area contributed by atoms with E-state index in [4.69, 9.17) is 0 Å². The fourth-order valence-electron chi connectivity index (χ4n) is 3.80. The summed E-state index contributed by atoms with van der Waals surface area (Å²) in [4.78, 5) is 32.4. The number of hydrogen-bond donors (Lipinski definition) is 2. The van der Waals surface area contributed by atoms with Crippen LogP contribution in [0.4, 0.5) is 0 Å². The van der Waals surface area contributed by atoms with E-state index in [1.165, 1.54) is 4.90 Å². The molecule has 0 aromatic heterocycles. The molecule has 0 aliphatic carbocycles. The Kier molecular flexibility index (Phi) is 4.61. The van der Waals surface area contributed by atoms with E-state index in [1.54, 1.807) is 25.7 Å². The molecule has 0 unspecified atom stereocenters. The molecule has 0 saturated carbocycles. The Morgan fingerprint density at radius 2 is 2.17 bits per heavy atom. The highest BCUT2D eigenvalue weighted by atomic mass is 32.2. The summed E-state index contributed by atoms with van der Waals surface area (Å²) in [6.45, 7) is 5.32. The number of carboxylic acids is 1.